The molecule has 0 aliphatic carbocycles. The number of halogens is 2. The molecule has 0 spiro atoms. The van der Waals surface area contributed by atoms with Gasteiger partial charge in [0, 0.05) is 25.7 Å². The average Bonchev–Trinajstić information content (AvgIpc) is 2.41. The summed E-state index contributed by atoms with van der Waals surface area (Å²) in [6.45, 7) is 1.70. The lowest BCUT2D eigenvalue weighted by atomic mass is 10.1. The fraction of sp³-hybridized carbons (Fsp3) is 0.429. The predicted molar refractivity (Wildman–Crippen MR) is 73.3 cm³/mol. The molecule has 5 nitrogen and oxygen atoms in total. The van der Waals surface area contributed by atoms with Gasteiger partial charge in [-0.15, -0.1) is 0 Å². The molecule has 1 atom stereocenters. The van der Waals surface area contributed by atoms with Gasteiger partial charge in [-0.2, -0.15) is 0 Å². The monoisotopic (exact) mass is 300 g/mol. The number of benzene rings is 1. The van der Waals surface area contributed by atoms with Crippen LogP contribution in [0.1, 0.15) is 18.5 Å². The van der Waals surface area contributed by atoms with Gasteiger partial charge in [0.05, 0.1) is 6.54 Å². The van der Waals surface area contributed by atoms with Crippen molar-refractivity contribution in [3.63, 3.8) is 0 Å². The van der Waals surface area contributed by atoms with Gasteiger partial charge in [-0.1, -0.05) is 0 Å². The fourth-order valence-electron chi connectivity index (χ4n) is 1.69. The van der Waals surface area contributed by atoms with Gasteiger partial charge < -0.3 is 15.5 Å². The van der Waals surface area contributed by atoms with E-state index < -0.39 is 11.6 Å². The lowest BCUT2D eigenvalue weighted by Gasteiger charge is -2.13. The standard InChI is InChI=1S/C14H19F2N3O2/c1-9(11-5-4-10(15)6-12(11)16)17-7-13(20)18-8-14(21)19(2)3/h4-6,9,17H,7-8H2,1-3H3,(H,18,20)/p+1/t9-/m1/s1. The molecular weight excluding hydrogens is 280 g/mol. The van der Waals surface area contributed by atoms with Crippen LogP contribution in [0.5, 0.6) is 0 Å². The predicted octanol–water partition coefficient (Wildman–Crippen LogP) is -0.206. The van der Waals surface area contributed by atoms with Crippen molar-refractivity contribution in [2.75, 3.05) is 27.2 Å². The number of nitrogens with zero attached hydrogens (tertiary/aromatic N) is 1. The fourth-order valence-corrected chi connectivity index (χ4v) is 1.69. The highest BCUT2D eigenvalue weighted by molar-refractivity contribution is 5.84. The third-order valence-electron chi connectivity index (χ3n) is 3.05. The van der Waals surface area contributed by atoms with Crippen molar-refractivity contribution in [2.24, 2.45) is 0 Å². The van der Waals surface area contributed by atoms with E-state index in [1.54, 1.807) is 26.3 Å². The molecule has 21 heavy (non-hydrogen) atoms. The average molecular weight is 300 g/mol. The molecule has 0 bridgehead atoms. The summed E-state index contributed by atoms with van der Waals surface area (Å²) in [6, 6.07) is 3.02. The molecule has 0 fully saturated rings. The number of likely N-dealkylation sites (N-methyl/N-ethyl adjacent to an activating group) is 1. The van der Waals surface area contributed by atoms with Crippen LogP contribution in [0.2, 0.25) is 0 Å². The minimum atomic E-state index is -0.637. The van der Waals surface area contributed by atoms with Crippen molar-refractivity contribution < 1.29 is 23.7 Å². The molecule has 1 aromatic rings. The number of carbonyl (C=O) groups excluding carboxylic acids is 2. The molecule has 2 amide bonds. The second-order valence-electron chi connectivity index (χ2n) is 4.96. The zero-order valence-corrected chi connectivity index (χ0v) is 12.3. The van der Waals surface area contributed by atoms with Crippen LogP contribution < -0.4 is 10.6 Å². The Bertz CT molecular complexity index is 521. The molecule has 0 saturated heterocycles. The van der Waals surface area contributed by atoms with E-state index in [0.29, 0.717) is 5.56 Å². The second kappa shape index (κ2) is 7.68. The van der Waals surface area contributed by atoms with Crippen LogP contribution in [0.3, 0.4) is 0 Å². The van der Waals surface area contributed by atoms with Crippen LogP contribution >= 0.6 is 0 Å². The van der Waals surface area contributed by atoms with Crippen LogP contribution in [0, 0.1) is 11.6 Å². The molecule has 7 heteroatoms. The summed E-state index contributed by atoms with van der Waals surface area (Å²) in [4.78, 5) is 24.3. The number of carbonyl (C=O) groups is 2. The van der Waals surface area contributed by atoms with Crippen molar-refractivity contribution in [3.05, 3.63) is 35.4 Å². The van der Waals surface area contributed by atoms with Crippen molar-refractivity contribution in [1.29, 1.82) is 0 Å². The summed E-state index contributed by atoms with van der Waals surface area (Å²) in [5.74, 6) is -1.80. The van der Waals surface area contributed by atoms with E-state index in [2.05, 4.69) is 5.32 Å². The quantitative estimate of drug-likeness (QED) is 0.764. The molecule has 0 aliphatic rings. The van der Waals surface area contributed by atoms with Gasteiger partial charge in [0.15, 0.2) is 6.54 Å². The Kier molecular flexibility index (Phi) is 6.23. The highest BCUT2D eigenvalue weighted by atomic mass is 19.1. The van der Waals surface area contributed by atoms with Gasteiger partial charge >= 0.3 is 0 Å². The Morgan fingerprint density at radius 2 is 2.00 bits per heavy atom. The van der Waals surface area contributed by atoms with Gasteiger partial charge in [-0.3, -0.25) is 9.59 Å². The number of rotatable bonds is 6. The van der Waals surface area contributed by atoms with E-state index in [-0.39, 0.29) is 30.9 Å². The maximum Gasteiger partial charge on any atom is 0.275 e. The summed E-state index contributed by atoms with van der Waals surface area (Å²) in [6.07, 6.45) is 0. The van der Waals surface area contributed by atoms with E-state index in [1.807, 2.05) is 0 Å². The van der Waals surface area contributed by atoms with Gasteiger partial charge in [-0.25, -0.2) is 8.78 Å². The zero-order valence-electron chi connectivity index (χ0n) is 12.3. The third kappa shape index (κ3) is 5.47. The summed E-state index contributed by atoms with van der Waals surface area (Å²) < 4.78 is 26.4. The van der Waals surface area contributed by atoms with E-state index >= 15 is 0 Å². The molecular formula is C14H20F2N3O2+. The number of hydrogen-bond acceptors (Lipinski definition) is 2. The lowest BCUT2D eigenvalue weighted by molar-refractivity contribution is -0.682. The van der Waals surface area contributed by atoms with Crippen LogP contribution in [0.25, 0.3) is 0 Å². The number of amides is 2. The SMILES string of the molecule is C[C@@H]([NH2+]CC(=O)NCC(=O)N(C)C)c1ccc(F)cc1F. The topological polar surface area (TPSA) is 66.0 Å². The normalized spacial score (nSPS) is 11.9. The number of nitrogens with one attached hydrogen (secondary N) is 1. The molecule has 0 aromatic heterocycles. The lowest BCUT2D eigenvalue weighted by Crippen LogP contribution is -2.87. The van der Waals surface area contributed by atoms with Crippen LogP contribution in [-0.2, 0) is 9.59 Å². The van der Waals surface area contributed by atoms with E-state index in [4.69, 9.17) is 0 Å². The molecule has 1 aromatic carbocycles. The molecule has 0 saturated carbocycles. The van der Waals surface area contributed by atoms with Crippen LogP contribution in [-0.4, -0.2) is 43.9 Å². The first kappa shape index (κ1) is 17.0. The molecule has 1 rings (SSSR count). The molecule has 0 aliphatic heterocycles. The number of hydrogen-bond donors (Lipinski definition) is 2. The maximum atomic E-state index is 13.6. The van der Waals surface area contributed by atoms with Crippen molar-refractivity contribution in [2.45, 2.75) is 13.0 Å². The zero-order chi connectivity index (χ0) is 16.0. The minimum Gasteiger partial charge on any atom is -0.347 e. The first-order chi connectivity index (χ1) is 9.81. The first-order valence-electron chi connectivity index (χ1n) is 6.56. The largest absolute Gasteiger partial charge is 0.347 e. The first-order valence-corrected chi connectivity index (χ1v) is 6.56. The van der Waals surface area contributed by atoms with Gasteiger partial charge in [0.25, 0.3) is 5.91 Å². The van der Waals surface area contributed by atoms with E-state index in [1.165, 1.54) is 17.0 Å². The molecule has 0 unspecified atom stereocenters. The molecule has 3 N–H and O–H groups in total. The van der Waals surface area contributed by atoms with E-state index in [0.717, 1.165) is 6.07 Å². The van der Waals surface area contributed by atoms with Crippen molar-refractivity contribution >= 4 is 11.8 Å². The van der Waals surface area contributed by atoms with Gasteiger partial charge in [-0.05, 0) is 19.1 Å². The van der Waals surface area contributed by atoms with Crippen molar-refractivity contribution in [1.82, 2.24) is 10.2 Å². The summed E-state index contributed by atoms with van der Waals surface area (Å²) >= 11 is 0. The molecule has 0 radical (unpaired) electrons. The highest BCUT2D eigenvalue weighted by Gasteiger charge is 2.16. The summed E-state index contributed by atoms with van der Waals surface area (Å²) in [5.41, 5.74) is 0.327. The summed E-state index contributed by atoms with van der Waals surface area (Å²) in [5, 5.41) is 4.10. The Morgan fingerprint density at radius 1 is 1.33 bits per heavy atom. The maximum absolute atomic E-state index is 13.6. The second-order valence-corrected chi connectivity index (χ2v) is 4.96. The highest BCUT2D eigenvalue weighted by Crippen LogP contribution is 2.14. The Hall–Kier alpha value is -2.02. The minimum absolute atomic E-state index is 0.0543. The Balaban J connectivity index is 2.44. The molecule has 0 heterocycles. The number of quaternary nitrogens is 1. The smallest absolute Gasteiger partial charge is 0.275 e. The molecule has 116 valence electrons. The van der Waals surface area contributed by atoms with Gasteiger partial charge in [0.2, 0.25) is 5.91 Å². The Morgan fingerprint density at radius 3 is 2.57 bits per heavy atom. The van der Waals surface area contributed by atoms with Gasteiger partial charge in [0.1, 0.15) is 17.7 Å². The number of nitrogens with two attached hydrogens (primary N) is 1. The van der Waals surface area contributed by atoms with Crippen molar-refractivity contribution in [3.8, 4) is 0 Å². The summed E-state index contributed by atoms with van der Waals surface area (Å²) in [7, 11) is 3.19. The van der Waals surface area contributed by atoms with E-state index in [9.17, 15) is 18.4 Å². The Labute approximate surface area is 122 Å². The third-order valence-corrected chi connectivity index (χ3v) is 3.05. The van der Waals surface area contributed by atoms with Crippen LogP contribution in [0.4, 0.5) is 8.78 Å². The van der Waals surface area contributed by atoms with Crippen LogP contribution in [0.15, 0.2) is 18.2 Å².